The van der Waals surface area contributed by atoms with Crippen molar-refractivity contribution in [3.8, 4) is 0 Å². The van der Waals surface area contributed by atoms with E-state index in [0.29, 0.717) is 18.6 Å². The predicted octanol–water partition coefficient (Wildman–Crippen LogP) is -0.0322. The third kappa shape index (κ3) is 3.89. The SMILES string of the molecule is CC(C(=O)NCC(C)N(C)C1CC1)C(N)=NO. The summed E-state index contributed by atoms with van der Waals surface area (Å²) < 4.78 is 0. The topological polar surface area (TPSA) is 91.0 Å². The van der Waals surface area contributed by atoms with E-state index in [2.05, 4.69) is 29.3 Å². The van der Waals surface area contributed by atoms with Crippen molar-refractivity contribution < 1.29 is 10.0 Å². The molecule has 0 radical (unpaired) electrons. The molecule has 1 aliphatic carbocycles. The smallest absolute Gasteiger partial charge is 0.230 e. The van der Waals surface area contributed by atoms with E-state index in [-0.39, 0.29) is 11.7 Å². The maximum atomic E-state index is 11.7. The number of carbonyl (C=O) groups excluding carboxylic acids is 1. The van der Waals surface area contributed by atoms with Gasteiger partial charge in [0.15, 0.2) is 5.84 Å². The molecule has 0 spiro atoms. The standard InChI is InChI=1S/C11H22N4O2/c1-7(15(3)9-4-5-9)6-13-11(16)8(2)10(12)14-17/h7-9,17H,4-6H2,1-3H3,(H2,12,14)(H,13,16). The molecule has 1 fully saturated rings. The number of rotatable bonds is 6. The van der Waals surface area contributed by atoms with E-state index in [4.69, 9.17) is 10.9 Å². The van der Waals surface area contributed by atoms with Gasteiger partial charge in [-0.25, -0.2) is 0 Å². The van der Waals surface area contributed by atoms with Gasteiger partial charge in [-0.3, -0.25) is 9.69 Å². The summed E-state index contributed by atoms with van der Waals surface area (Å²) in [6, 6.07) is 0.967. The third-order valence-corrected chi connectivity index (χ3v) is 3.34. The molecule has 98 valence electrons. The molecular weight excluding hydrogens is 220 g/mol. The highest BCUT2D eigenvalue weighted by molar-refractivity contribution is 6.01. The molecule has 2 unspecified atom stereocenters. The molecule has 0 aliphatic heterocycles. The van der Waals surface area contributed by atoms with Crippen LogP contribution in [0, 0.1) is 5.92 Å². The first-order chi connectivity index (χ1) is 7.97. The van der Waals surface area contributed by atoms with Crippen molar-refractivity contribution in [1.29, 1.82) is 0 Å². The van der Waals surface area contributed by atoms with Crippen LogP contribution in [0.15, 0.2) is 5.16 Å². The molecule has 0 heterocycles. The molecule has 17 heavy (non-hydrogen) atoms. The summed E-state index contributed by atoms with van der Waals surface area (Å²) in [5, 5.41) is 14.1. The summed E-state index contributed by atoms with van der Waals surface area (Å²) in [7, 11) is 2.07. The summed E-state index contributed by atoms with van der Waals surface area (Å²) in [6.07, 6.45) is 2.49. The Balaban J connectivity index is 2.31. The van der Waals surface area contributed by atoms with Crippen LogP contribution >= 0.6 is 0 Å². The molecule has 1 amide bonds. The molecule has 0 aromatic carbocycles. The molecule has 6 nitrogen and oxygen atoms in total. The van der Waals surface area contributed by atoms with Gasteiger partial charge in [0.25, 0.3) is 0 Å². The van der Waals surface area contributed by atoms with Gasteiger partial charge in [0.1, 0.15) is 0 Å². The first kappa shape index (κ1) is 13.8. The first-order valence-corrected chi connectivity index (χ1v) is 5.94. The lowest BCUT2D eigenvalue weighted by Gasteiger charge is -2.25. The second-order valence-electron chi connectivity index (χ2n) is 4.74. The average Bonchev–Trinajstić information content (AvgIpc) is 3.16. The number of carbonyl (C=O) groups is 1. The number of nitrogens with zero attached hydrogens (tertiary/aromatic N) is 2. The van der Waals surface area contributed by atoms with Gasteiger partial charge in [-0.2, -0.15) is 0 Å². The van der Waals surface area contributed by atoms with Crippen molar-refractivity contribution in [2.24, 2.45) is 16.8 Å². The Labute approximate surface area is 102 Å². The summed E-state index contributed by atoms with van der Waals surface area (Å²) in [6.45, 7) is 4.27. The van der Waals surface area contributed by atoms with Crippen molar-refractivity contribution in [1.82, 2.24) is 10.2 Å². The number of amides is 1. The quantitative estimate of drug-likeness (QED) is 0.264. The van der Waals surface area contributed by atoms with Crippen LogP contribution in [0.3, 0.4) is 0 Å². The van der Waals surface area contributed by atoms with Gasteiger partial charge < -0.3 is 16.3 Å². The van der Waals surface area contributed by atoms with Gasteiger partial charge in [-0.15, -0.1) is 0 Å². The molecule has 0 saturated heterocycles. The van der Waals surface area contributed by atoms with Crippen LogP contribution in [-0.4, -0.2) is 47.5 Å². The maximum Gasteiger partial charge on any atom is 0.230 e. The fraction of sp³-hybridized carbons (Fsp3) is 0.818. The highest BCUT2D eigenvalue weighted by atomic mass is 16.4. The Morgan fingerprint density at radius 1 is 1.59 bits per heavy atom. The number of oxime groups is 1. The fourth-order valence-corrected chi connectivity index (χ4v) is 1.61. The van der Waals surface area contributed by atoms with Crippen LogP contribution < -0.4 is 11.1 Å². The highest BCUT2D eigenvalue weighted by Crippen LogP contribution is 2.26. The second-order valence-corrected chi connectivity index (χ2v) is 4.74. The minimum atomic E-state index is -0.599. The average molecular weight is 242 g/mol. The van der Waals surface area contributed by atoms with E-state index in [1.165, 1.54) is 12.8 Å². The minimum absolute atomic E-state index is 0.0642. The molecule has 0 bridgehead atoms. The fourth-order valence-electron chi connectivity index (χ4n) is 1.61. The van der Waals surface area contributed by atoms with Gasteiger partial charge >= 0.3 is 0 Å². The van der Waals surface area contributed by atoms with Crippen LogP contribution in [0.5, 0.6) is 0 Å². The number of likely N-dealkylation sites (N-methyl/N-ethyl adjacent to an activating group) is 1. The van der Waals surface area contributed by atoms with Gasteiger partial charge in [0.05, 0.1) is 5.92 Å². The number of amidine groups is 1. The number of nitrogens with two attached hydrogens (primary N) is 1. The minimum Gasteiger partial charge on any atom is -0.409 e. The van der Waals surface area contributed by atoms with Gasteiger partial charge in [-0.05, 0) is 33.7 Å². The summed E-state index contributed by atoms with van der Waals surface area (Å²) >= 11 is 0. The lowest BCUT2D eigenvalue weighted by Crippen LogP contribution is -2.44. The van der Waals surface area contributed by atoms with Gasteiger partial charge in [0.2, 0.25) is 5.91 Å². The van der Waals surface area contributed by atoms with Crippen LogP contribution in [0.2, 0.25) is 0 Å². The number of nitrogens with one attached hydrogen (secondary N) is 1. The van der Waals surface area contributed by atoms with Crippen molar-refractivity contribution in [3.05, 3.63) is 0 Å². The highest BCUT2D eigenvalue weighted by Gasteiger charge is 2.29. The predicted molar refractivity (Wildman–Crippen MR) is 65.8 cm³/mol. The molecule has 6 heteroatoms. The van der Waals surface area contributed by atoms with Crippen molar-refractivity contribution in [2.75, 3.05) is 13.6 Å². The molecule has 1 rings (SSSR count). The molecule has 0 aromatic heterocycles. The molecule has 2 atom stereocenters. The Hall–Kier alpha value is -1.30. The van der Waals surface area contributed by atoms with Crippen molar-refractivity contribution >= 4 is 11.7 Å². The molecule has 0 aromatic rings. The Bertz CT molecular complexity index is 302. The zero-order chi connectivity index (χ0) is 13.0. The number of hydrogen-bond acceptors (Lipinski definition) is 4. The number of hydrogen-bond donors (Lipinski definition) is 3. The summed E-state index contributed by atoms with van der Waals surface area (Å²) in [4.78, 5) is 13.9. The van der Waals surface area contributed by atoms with E-state index in [9.17, 15) is 4.79 Å². The Kier molecular flexibility index (Phi) is 4.74. The lowest BCUT2D eigenvalue weighted by atomic mass is 10.1. The van der Waals surface area contributed by atoms with Gasteiger partial charge in [-0.1, -0.05) is 5.16 Å². The van der Waals surface area contributed by atoms with Crippen LogP contribution in [0.1, 0.15) is 26.7 Å². The Morgan fingerprint density at radius 3 is 2.65 bits per heavy atom. The third-order valence-electron chi connectivity index (χ3n) is 3.34. The zero-order valence-electron chi connectivity index (χ0n) is 10.7. The normalized spacial score (nSPS) is 20.1. The molecule has 4 N–H and O–H groups in total. The van der Waals surface area contributed by atoms with Crippen LogP contribution in [-0.2, 0) is 4.79 Å². The maximum absolute atomic E-state index is 11.7. The Morgan fingerprint density at radius 2 is 2.18 bits per heavy atom. The zero-order valence-corrected chi connectivity index (χ0v) is 10.7. The first-order valence-electron chi connectivity index (χ1n) is 5.94. The van der Waals surface area contributed by atoms with Crippen LogP contribution in [0.4, 0.5) is 0 Å². The molecule has 1 saturated carbocycles. The van der Waals surface area contributed by atoms with E-state index >= 15 is 0 Å². The van der Waals surface area contributed by atoms with E-state index in [1.807, 2.05) is 0 Å². The summed E-state index contributed by atoms with van der Waals surface area (Å²) in [5.74, 6) is -0.875. The van der Waals surface area contributed by atoms with Gasteiger partial charge in [0, 0.05) is 18.6 Å². The molecular formula is C11H22N4O2. The van der Waals surface area contributed by atoms with E-state index < -0.39 is 5.92 Å². The monoisotopic (exact) mass is 242 g/mol. The second kappa shape index (κ2) is 5.86. The molecule has 1 aliphatic rings. The largest absolute Gasteiger partial charge is 0.409 e. The van der Waals surface area contributed by atoms with E-state index in [0.717, 1.165) is 0 Å². The summed E-state index contributed by atoms with van der Waals surface area (Å²) in [5.41, 5.74) is 5.37. The van der Waals surface area contributed by atoms with E-state index in [1.54, 1.807) is 6.92 Å². The lowest BCUT2D eigenvalue weighted by molar-refractivity contribution is -0.122. The van der Waals surface area contributed by atoms with Crippen molar-refractivity contribution in [2.45, 2.75) is 38.8 Å². The van der Waals surface area contributed by atoms with Crippen molar-refractivity contribution in [3.63, 3.8) is 0 Å². The van der Waals surface area contributed by atoms with Crippen LogP contribution in [0.25, 0.3) is 0 Å².